The first kappa shape index (κ1) is 12.9. The third-order valence-corrected chi connectivity index (χ3v) is 3.03. The van der Waals surface area contributed by atoms with E-state index in [9.17, 15) is 5.11 Å². The van der Waals surface area contributed by atoms with Crippen LogP contribution in [0, 0.1) is 0 Å². The van der Waals surface area contributed by atoms with Gasteiger partial charge in [0.1, 0.15) is 0 Å². The van der Waals surface area contributed by atoms with Gasteiger partial charge in [-0.05, 0) is 30.7 Å². The number of halogens is 1. The lowest BCUT2D eigenvalue weighted by atomic mass is 10.2. The Morgan fingerprint density at radius 3 is 2.50 bits per heavy atom. The predicted octanol–water partition coefficient (Wildman–Crippen LogP) is 2.59. The second-order valence-electron chi connectivity index (χ2n) is 3.83. The Morgan fingerprint density at radius 2 is 2.00 bits per heavy atom. The van der Waals surface area contributed by atoms with Crippen LogP contribution in [0.25, 0.3) is 5.69 Å². The second kappa shape index (κ2) is 5.42. The van der Waals surface area contributed by atoms with E-state index in [0.29, 0.717) is 10.9 Å². The number of benzene rings is 1. The van der Waals surface area contributed by atoms with E-state index in [4.69, 9.17) is 16.3 Å². The molecule has 2 aromatic rings. The maximum absolute atomic E-state index is 9.41. The van der Waals surface area contributed by atoms with Crippen LogP contribution in [-0.2, 0) is 13.0 Å². The van der Waals surface area contributed by atoms with E-state index in [-0.39, 0.29) is 6.61 Å². The number of aliphatic hydroxyl groups is 1. The summed E-state index contributed by atoms with van der Waals surface area (Å²) in [6.07, 6.45) is 0.743. The summed E-state index contributed by atoms with van der Waals surface area (Å²) in [6.45, 7) is 1.91. The molecule has 0 aliphatic carbocycles. The van der Waals surface area contributed by atoms with Gasteiger partial charge in [0.25, 0.3) is 0 Å². The molecule has 5 heteroatoms. The van der Waals surface area contributed by atoms with E-state index in [0.717, 1.165) is 23.4 Å². The highest BCUT2D eigenvalue weighted by atomic mass is 35.5. The van der Waals surface area contributed by atoms with Crippen molar-refractivity contribution >= 4 is 11.6 Å². The van der Waals surface area contributed by atoms with Crippen LogP contribution in [0.4, 0.5) is 0 Å². The van der Waals surface area contributed by atoms with E-state index in [1.165, 1.54) is 0 Å². The maximum atomic E-state index is 9.41. The molecule has 0 unspecified atom stereocenters. The third-order valence-electron chi connectivity index (χ3n) is 2.78. The molecule has 0 saturated heterocycles. The van der Waals surface area contributed by atoms with Crippen molar-refractivity contribution in [3.8, 4) is 11.6 Å². The highest BCUT2D eigenvalue weighted by molar-refractivity contribution is 6.30. The molecule has 2 rings (SSSR count). The summed E-state index contributed by atoms with van der Waals surface area (Å²) in [6, 6.07) is 7.31. The van der Waals surface area contributed by atoms with Crippen molar-refractivity contribution in [2.45, 2.75) is 20.0 Å². The zero-order valence-electron chi connectivity index (χ0n) is 10.4. The van der Waals surface area contributed by atoms with Crippen LogP contribution in [-0.4, -0.2) is 22.0 Å². The molecule has 96 valence electrons. The monoisotopic (exact) mass is 266 g/mol. The largest absolute Gasteiger partial charge is 0.481 e. The van der Waals surface area contributed by atoms with Crippen LogP contribution in [0.15, 0.2) is 24.3 Å². The second-order valence-corrected chi connectivity index (χ2v) is 4.27. The van der Waals surface area contributed by atoms with Crippen LogP contribution in [0.5, 0.6) is 5.88 Å². The molecule has 0 fully saturated rings. The van der Waals surface area contributed by atoms with E-state index < -0.39 is 0 Å². The molecule has 1 aromatic heterocycles. The van der Waals surface area contributed by atoms with Crippen molar-refractivity contribution in [1.29, 1.82) is 0 Å². The van der Waals surface area contributed by atoms with Crippen LogP contribution >= 0.6 is 11.6 Å². The Labute approximate surface area is 111 Å². The first-order valence-electron chi connectivity index (χ1n) is 5.72. The van der Waals surface area contributed by atoms with E-state index in [2.05, 4.69) is 5.10 Å². The molecule has 0 bridgehead atoms. The maximum Gasteiger partial charge on any atom is 0.222 e. The summed E-state index contributed by atoms with van der Waals surface area (Å²) >= 11 is 5.86. The van der Waals surface area contributed by atoms with Gasteiger partial charge in [-0.1, -0.05) is 18.5 Å². The molecule has 1 heterocycles. The van der Waals surface area contributed by atoms with Crippen LogP contribution in [0.3, 0.4) is 0 Å². The van der Waals surface area contributed by atoms with Crippen LogP contribution < -0.4 is 4.74 Å². The summed E-state index contributed by atoms with van der Waals surface area (Å²) in [4.78, 5) is 0. The molecule has 4 nitrogen and oxygen atoms in total. The minimum atomic E-state index is -0.0834. The smallest absolute Gasteiger partial charge is 0.222 e. The van der Waals surface area contributed by atoms with Crippen molar-refractivity contribution in [1.82, 2.24) is 9.78 Å². The minimum Gasteiger partial charge on any atom is -0.481 e. The third kappa shape index (κ3) is 2.21. The molecule has 0 atom stereocenters. The van der Waals surface area contributed by atoms with Crippen molar-refractivity contribution in [3.63, 3.8) is 0 Å². The molecule has 0 radical (unpaired) electrons. The van der Waals surface area contributed by atoms with Gasteiger partial charge >= 0.3 is 0 Å². The SMILES string of the molecule is CCc1nn(-c2ccc(Cl)cc2)c(OC)c1CO. The lowest BCUT2D eigenvalue weighted by Gasteiger charge is -2.07. The molecule has 0 amide bonds. The molecule has 18 heavy (non-hydrogen) atoms. The van der Waals surface area contributed by atoms with E-state index in [1.54, 1.807) is 23.9 Å². The Hall–Kier alpha value is -1.52. The lowest BCUT2D eigenvalue weighted by molar-refractivity contribution is 0.271. The normalized spacial score (nSPS) is 10.7. The Kier molecular flexibility index (Phi) is 3.89. The molecule has 1 aromatic carbocycles. The van der Waals surface area contributed by atoms with Crippen molar-refractivity contribution in [3.05, 3.63) is 40.5 Å². The number of ether oxygens (including phenoxy) is 1. The predicted molar refractivity (Wildman–Crippen MR) is 70.4 cm³/mol. The number of nitrogens with zero attached hydrogens (tertiary/aromatic N) is 2. The zero-order valence-corrected chi connectivity index (χ0v) is 11.1. The molecule has 0 spiro atoms. The fourth-order valence-corrected chi connectivity index (χ4v) is 2.01. The number of aromatic nitrogens is 2. The van der Waals surface area contributed by atoms with E-state index >= 15 is 0 Å². The van der Waals surface area contributed by atoms with Crippen molar-refractivity contribution in [2.75, 3.05) is 7.11 Å². The topological polar surface area (TPSA) is 47.3 Å². The van der Waals surface area contributed by atoms with Crippen molar-refractivity contribution in [2.24, 2.45) is 0 Å². The summed E-state index contributed by atoms with van der Waals surface area (Å²) in [5, 5.41) is 14.5. The van der Waals surface area contributed by atoms with Crippen LogP contribution in [0.1, 0.15) is 18.2 Å². The Morgan fingerprint density at radius 1 is 1.33 bits per heavy atom. The molecular weight excluding hydrogens is 252 g/mol. The molecule has 0 saturated carbocycles. The van der Waals surface area contributed by atoms with Gasteiger partial charge in [-0.25, -0.2) is 4.68 Å². The number of hydrogen-bond acceptors (Lipinski definition) is 3. The fourth-order valence-electron chi connectivity index (χ4n) is 1.89. The summed E-state index contributed by atoms with van der Waals surface area (Å²) in [7, 11) is 1.57. The standard InChI is InChI=1S/C13H15ClN2O2/c1-3-12-11(8-17)13(18-2)16(15-12)10-6-4-9(14)5-7-10/h4-7,17H,3,8H2,1-2H3. The van der Waals surface area contributed by atoms with Crippen LogP contribution in [0.2, 0.25) is 5.02 Å². The average Bonchev–Trinajstić information content (AvgIpc) is 2.77. The minimum absolute atomic E-state index is 0.0834. The fraction of sp³-hybridized carbons (Fsp3) is 0.308. The lowest BCUT2D eigenvalue weighted by Crippen LogP contribution is -2.00. The molecule has 0 aliphatic heterocycles. The number of methoxy groups -OCH3 is 1. The molecule has 0 aliphatic rings. The molecular formula is C13H15ClN2O2. The molecule has 1 N–H and O–H groups in total. The average molecular weight is 267 g/mol. The van der Waals surface area contributed by atoms with Gasteiger partial charge in [0.15, 0.2) is 0 Å². The van der Waals surface area contributed by atoms with Gasteiger partial charge in [-0.15, -0.1) is 0 Å². The highest BCUT2D eigenvalue weighted by Gasteiger charge is 2.17. The van der Waals surface area contributed by atoms with Gasteiger partial charge in [0, 0.05) is 5.02 Å². The van der Waals surface area contributed by atoms with Gasteiger partial charge in [-0.2, -0.15) is 5.10 Å². The van der Waals surface area contributed by atoms with Gasteiger partial charge in [0.2, 0.25) is 5.88 Å². The number of aryl methyl sites for hydroxylation is 1. The first-order chi connectivity index (χ1) is 8.71. The van der Waals surface area contributed by atoms with Gasteiger partial charge in [-0.3, -0.25) is 0 Å². The quantitative estimate of drug-likeness (QED) is 0.925. The van der Waals surface area contributed by atoms with Gasteiger partial charge < -0.3 is 9.84 Å². The number of hydrogen-bond donors (Lipinski definition) is 1. The van der Waals surface area contributed by atoms with Gasteiger partial charge in [0.05, 0.1) is 30.7 Å². The first-order valence-corrected chi connectivity index (χ1v) is 6.10. The van der Waals surface area contributed by atoms with E-state index in [1.807, 2.05) is 19.1 Å². The highest BCUT2D eigenvalue weighted by Crippen LogP contribution is 2.27. The summed E-state index contributed by atoms with van der Waals surface area (Å²) in [5.74, 6) is 0.566. The summed E-state index contributed by atoms with van der Waals surface area (Å²) in [5.41, 5.74) is 2.42. The number of aliphatic hydroxyl groups excluding tert-OH is 1. The zero-order chi connectivity index (χ0) is 13.1. The Balaban J connectivity index is 2.56. The number of rotatable bonds is 4. The Bertz CT molecular complexity index is 535. The summed E-state index contributed by atoms with van der Waals surface area (Å²) < 4.78 is 7.02. The van der Waals surface area contributed by atoms with Crippen molar-refractivity contribution < 1.29 is 9.84 Å².